The first-order valence-corrected chi connectivity index (χ1v) is 7.86. The van der Waals surface area contributed by atoms with Crippen LogP contribution in [0.25, 0.3) is 0 Å². The number of rotatable bonds is 3. The Hall–Kier alpha value is -0.520. The van der Waals surface area contributed by atoms with Crippen LogP contribution in [-0.4, -0.2) is 40.1 Å². The molecule has 1 N–H and O–H groups in total. The van der Waals surface area contributed by atoms with E-state index in [1.807, 2.05) is 17.8 Å². The summed E-state index contributed by atoms with van der Waals surface area (Å²) in [6.45, 7) is 4.22. The smallest absolute Gasteiger partial charge is 0.335 e. The van der Waals surface area contributed by atoms with Crippen LogP contribution in [0.3, 0.4) is 0 Å². The molecule has 1 aliphatic heterocycles. The monoisotopic (exact) mass is 329 g/mol. The molecule has 1 aliphatic rings. The van der Waals surface area contributed by atoms with Crippen molar-refractivity contribution in [2.75, 3.05) is 18.1 Å². The number of aromatic carboxylic acids is 1. The summed E-state index contributed by atoms with van der Waals surface area (Å²) in [7, 11) is 0. The predicted octanol–water partition coefficient (Wildman–Crippen LogP) is 3.08. The van der Waals surface area contributed by atoms with Crippen molar-refractivity contribution in [1.82, 2.24) is 4.90 Å². The lowest BCUT2D eigenvalue weighted by Crippen LogP contribution is -2.39. The first kappa shape index (κ1) is 13.9. The van der Waals surface area contributed by atoms with E-state index >= 15 is 0 Å². The minimum Gasteiger partial charge on any atom is -0.478 e. The van der Waals surface area contributed by atoms with Gasteiger partial charge in [-0.25, -0.2) is 4.79 Å². The Morgan fingerprint density at radius 2 is 2.39 bits per heavy atom. The van der Waals surface area contributed by atoms with E-state index in [9.17, 15) is 4.79 Å². The maximum absolute atomic E-state index is 10.9. The molecule has 0 saturated carbocycles. The molecule has 0 radical (unpaired) electrons. The van der Waals surface area contributed by atoms with Gasteiger partial charge in [-0.1, -0.05) is 22.0 Å². The van der Waals surface area contributed by atoms with Gasteiger partial charge in [0.1, 0.15) is 0 Å². The minimum atomic E-state index is -0.884. The van der Waals surface area contributed by atoms with Crippen molar-refractivity contribution in [3.63, 3.8) is 0 Å². The van der Waals surface area contributed by atoms with E-state index in [1.165, 1.54) is 11.5 Å². The number of hydrogen-bond donors (Lipinski definition) is 1. The highest BCUT2D eigenvalue weighted by Gasteiger charge is 2.19. The third-order valence-corrected chi connectivity index (χ3v) is 5.11. The lowest BCUT2D eigenvalue weighted by molar-refractivity contribution is 0.0696. The third kappa shape index (κ3) is 3.28. The molecule has 1 fully saturated rings. The lowest BCUT2D eigenvalue weighted by atomic mass is 10.1. The third-order valence-electron chi connectivity index (χ3n) is 3.18. The highest BCUT2D eigenvalue weighted by Crippen LogP contribution is 2.24. The minimum absolute atomic E-state index is 0.327. The molecule has 1 atom stereocenters. The first-order chi connectivity index (χ1) is 8.58. The molecule has 0 aromatic heterocycles. The van der Waals surface area contributed by atoms with Gasteiger partial charge in [-0.05, 0) is 24.6 Å². The fraction of sp³-hybridized carbons (Fsp3) is 0.462. The molecule has 3 nitrogen and oxygen atoms in total. The van der Waals surface area contributed by atoms with Gasteiger partial charge in [0.15, 0.2) is 0 Å². The zero-order valence-electron chi connectivity index (χ0n) is 10.2. The second kappa shape index (κ2) is 6.08. The molecule has 98 valence electrons. The van der Waals surface area contributed by atoms with Crippen LogP contribution in [0.2, 0.25) is 0 Å². The molecule has 0 amide bonds. The summed E-state index contributed by atoms with van der Waals surface area (Å²) in [5.41, 5.74) is 1.48. The molecule has 0 bridgehead atoms. The van der Waals surface area contributed by atoms with Crippen LogP contribution in [0, 0.1) is 0 Å². The number of benzene rings is 1. The molecular formula is C13H16BrNO2S. The average Bonchev–Trinajstić information content (AvgIpc) is 2.34. The van der Waals surface area contributed by atoms with Gasteiger partial charge >= 0.3 is 5.97 Å². The van der Waals surface area contributed by atoms with E-state index in [4.69, 9.17) is 5.11 Å². The second-order valence-corrected chi connectivity index (χ2v) is 6.51. The van der Waals surface area contributed by atoms with Crippen molar-refractivity contribution in [1.29, 1.82) is 0 Å². The first-order valence-electron chi connectivity index (χ1n) is 5.91. The Kier molecular flexibility index (Phi) is 4.70. The summed E-state index contributed by atoms with van der Waals surface area (Å²) >= 11 is 5.46. The Morgan fingerprint density at radius 3 is 3.00 bits per heavy atom. The molecule has 1 unspecified atom stereocenters. The number of carboxylic acids is 1. The van der Waals surface area contributed by atoms with Crippen molar-refractivity contribution < 1.29 is 9.90 Å². The molecular weight excluding hydrogens is 314 g/mol. The lowest BCUT2D eigenvalue weighted by Gasteiger charge is -2.33. The van der Waals surface area contributed by atoms with E-state index < -0.39 is 5.97 Å². The predicted molar refractivity (Wildman–Crippen MR) is 78.3 cm³/mol. The quantitative estimate of drug-likeness (QED) is 0.925. The van der Waals surface area contributed by atoms with Crippen LogP contribution < -0.4 is 0 Å². The normalized spacial score (nSPS) is 20.9. The van der Waals surface area contributed by atoms with Gasteiger partial charge in [-0.2, -0.15) is 11.8 Å². The Morgan fingerprint density at radius 1 is 1.61 bits per heavy atom. The van der Waals surface area contributed by atoms with Crippen LogP contribution in [0.1, 0.15) is 22.8 Å². The summed E-state index contributed by atoms with van der Waals surface area (Å²) < 4.78 is 0.882. The summed E-state index contributed by atoms with van der Waals surface area (Å²) in [6.07, 6.45) is 0. The molecule has 1 aromatic rings. The van der Waals surface area contributed by atoms with Crippen LogP contribution in [0.5, 0.6) is 0 Å². The number of hydrogen-bond acceptors (Lipinski definition) is 3. The van der Waals surface area contributed by atoms with E-state index in [-0.39, 0.29) is 0 Å². The van der Waals surface area contributed by atoms with Crippen LogP contribution in [0.15, 0.2) is 22.7 Å². The molecule has 1 heterocycles. The van der Waals surface area contributed by atoms with E-state index in [2.05, 4.69) is 27.8 Å². The number of carboxylic acid groups (broad SMARTS) is 1. The molecule has 1 aromatic carbocycles. The summed E-state index contributed by atoms with van der Waals surface area (Å²) in [5, 5.41) is 8.93. The van der Waals surface area contributed by atoms with E-state index in [1.54, 1.807) is 12.1 Å². The van der Waals surface area contributed by atoms with Gasteiger partial charge in [0.25, 0.3) is 0 Å². The second-order valence-electron chi connectivity index (χ2n) is 4.51. The highest BCUT2D eigenvalue weighted by molar-refractivity contribution is 9.10. The van der Waals surface area contributed by atoms with Crippen molar-refractivity contribution in [3.05, 3.63) is 33.8 Å². The van der Waals surface area contributed by atoms with E-state index in [0.29, 0.717) is 11.6 Å². The molecule has 5 heteroatoms. The van der Waals surface area contributed by atoms with Gasteiger partial charge in [0.05, 0.1) is 5.56 Å². The van der Waals surface area contributed by atoms with Crippen molar-refractivity contribution in [3.8, 4) is 0 Å². The van der Waals surface area contributed by atoms with Gasteiger partial charge in [0.2, 0.25) is 0 Å². The molecule has 1 saturated heterocycles. The molecule has 0 spiro atoms. The largest absolute Gasteiger partial charge is 0.478 e. The van der Waals surface area contributed by atoms with Gasteiger partial charge in [-0.3, -0.25) is 4.90 Å². The zero-order valence-corrected chi connectivity index (χ0v) is 12.6. The van der Waals surface area contributed by atoms with Crippen LogP contribution in [0.4, 0.5) is 0 Å². The summed E-state index contributed by atoms with van der Waals surface area (Å²) in [6, 6.07) is 5.84. The maximum atomic E-state index is 10.9. The summed E-state index contributed by atoms with van der Waals surface area (Å²) in [4.78, 5) is 13.3. The van der Waals surface area contributed by atoms with Crippen molar-refractivity contribution in [2.45, 2.75) is 19.5 Å². The SMILES string of the molecule is CC1CSCCN1Cc1ccc(C(=O)O)cc1Br. The zero-order chi connectivity index (χ0) is 13.1. The van der Waals surface area contributed by atoms with E-state index in [0.717, 1.165) is 23.1 Å². The Balaban J connectivity index is 2.11. The number of carbonyl (C=O) groups is 1. The fourth-order valence-electron chi connectivity index (χ4n) is 2.02. The van der Waals surface area contributed by atoms with Gasteiger partial charge < -0.3 is 5.11 Å². The Bertz CT molecular complexity index is 453. The van der Waals surface area contributed by atoms with Crippen LogP contribution in [-0.2, 0) is 6.54 Å². The van der Waals surface area contributed by atoms with Crippen LogP contribution >= 0.6 is 27.7 Å². The highest BCUT2D eigenvalue weighted by atomic mass is 79.9. The Labute approximate surface area is 120 Å². The number of thioether (sulfide) groups is 1. The molecule has 2 rings (SSSR count). The van der Waals surface area contributed by atoms with Crippen molar-refractivity contribution >= 4 is 33.7 Å². The average molecular weight is 330 g/mol. The number of halogens is 1. The molecule has 0 aliphatic carbocycles. The summed E-state index contributed by atoms with van der Waals surface area (Å²) in [5.74, 6) is 1.46. The fourth-order valence-corrected chi connectivity index (χ4v) is 3.61. The maximum Gasteiger partial charge on any atom is 0.335 e. The molecule has 18 heavy (non-hydrogen) atoms. The standard InChI is InChI=1S/C13H16BrNO2S/c1-9-8-18-5-4-15(9)7-11-3-2-10(13(16)17)6-12(11)14/h2-3,6,9H,4-5,7-8H2,1H3,(H,16,17). The topological polar surface area (TPSA) is 40.5 Å². The number of nitrogens with zero attached hydrogens (tertiary/aromatic N) is 1. The van der Waals surface area contributed by atoms with Crippen molar-refractivity contribution in [2.24, 2.45) is 0 Å². The van der Waals surface area contributed by atoms with Gasteiger partial charge in [0, 0.05) is 35.1 Å². The van der Waals surface area contributed by atoms with Gasteiger partial charge in [-0.15, -0.1) is 0 Å².